The van der Waals surface area contributed by atoms with Crippen molar-refractivity contribution in [1.82, 2.24) is 9.55 Å². The first-order chi connectivity index (χ1) is 7.31. The minimum absolute atomic E-state index is 0.397. The molecule has 4 heteroatoms. The highest BCUT2D eigenvalue weighted by molar-refractivity contribution is 5.74. The van der Waals surface area contributed by atoms with Crippen molar-refractivity contribution in [3.8, 4) is 6.07 Å². The van der Waals surface area contributed by atoms with E-state index in [2.05, 4.69) is 4.98 Å². The van der Waals surface area contributed by atoms with Gasteiger partial charge in [0.1, 0.15) is 0 Å². The highest BCUT2D eigenvalue weighted by atomic mass is 15.0. The zero-order valence-electron chi connectivity index (χ0n) is 8.30. The average molecular weight is 200 g/mol. The molecule has 0 saturated heterocycles. The van der Waals surface area contributed by atoms with Crippen molar-refractivity contribution < 1.29 is 0 Å². The van der Waals surface area contributed by atoms with E-state index in [9.17, 15) is 0 Å². The molecule has 0 aliphatic rings. The molecule has 0 radical (unpaired) electrons. The number of para-hydroxylation sites is 2. The van der Waals surface area contributed by atoms with Crippen LogP contribution in [-0.4, -0.2) is 15.6 Å². The number of hydrogen-bond acceptors (Lipinski definition) is 3. The summed E-state index contributed by atoms with van der Waals surface area (Å²) in [7, 11) is 0. The molecule has 0 amide bonds. The van der Waals surface area contributed by atoms with E-state index in [1.54, 1.807) is 6.33 Å². The van der Waals surface area contributed by atoms with E-state index in [0.29, 0.717) is 6.42 Å². The number of nitrogens with zero attached hydrogens (tertiary/aromatic N) is 3. The van der Waals surface area contributed by atoms with Gasteiger partial charge in [-0.1, -0.05) is 12.1 Å². The predicted octanol–water partition coefficient (Wildman–Crippen LogP) is 1.28. The van der Waals surface area contributed by atoms with Gasteiger partial charge in [0.25, 0.3) is 0 Å². The van der Waals surface area contributed by atoms with Crippen molar-refractivity contribution in [1.29, 1.82) is 5.26 Å². The first-order valence-corrected chi connectivity index (χ1v) is 4.86. The van der Waals surface area contributed by atoms with Gasteiger partial charge in [-0.15, -0.1) is 0 Å². The molecule has 1 unspecified atom stereocenters. The minimum atomic E-state index is -0.397. The summed E-state index contributed by atoms with van der Waals surface area (Å²) in [6.07, 6.45) is 2.44. The summed E-state index contributed by atoms with van der Waals surface area (Å²) in [4.78, 5) is 4.26. The third kappa shape index (κ3) is 1.97. The molecule has 0 fully saturated rings. The molecule has 1 heterocycles. The van der Waals surface area contributed by atoms with Crippen molar-refractivity contribution in [2.24, 2.45) is 5.73 Å². The number of aryl methyl sites for hydroxylation is 1. The molecule has 0 bridgehead atoms. The molecule has 2 aromatic rings. The number of nitriles is 1. The Morgan fingerprint density at radius 1 is 1.47 bits per heavy atom. The minimum Gasteiger partial charge on any atom is -0.330 e. The molecule has 76 valence electrons. The lowest BCUT2D eigenvalue weighted by Crippen LogP contribution is -2.19. The van der Waals surface area contributed by atoms with Crippen LogP contribution in [0.3, 0.4) is 0 Å². The van der Waals surface area contributed by atoms with E-state index in [-0.39, 0.29) is 0 Å². The standard InChI is InChI=1S/C11H12N4/c12-7-9(13)5-6-15-8-14-10-3-1-2-4-11(10)15/h1-4,8-9H,5-6,13H2. The summed E-state index contributed by atoms with van der Waals surface area (Å²) < 4.78 is 2.02. The molecule has 0 saturated carbocycles. The van der Waals surface area contributed by atoms with Crippen LogP contribution in [0.5, 0.6) is 0 Å². The lowest BCUT2D eigenvalue weighted by molar-refractivity contribution is 0.617. The second kappa shape index (κ2) is 4.11. The largest absolute Gasteiger partial charge is 0.330 e. The SMILES string of the molecule is N#CC(N)CCn1cnc2ccccc21. The van der Waals surface area contributed by atoms with Crippen molar-refractivity contribution in [2.45, 2.75) is 19.0 Å². The Labute approximate surface area is 87.9 Å². The predicted molar refractivity (Wildman–Crippen MR) is 57.9 cm³/mol. The summed E-state index contributed by atoms with van der Waals surface area (Å²) in [5, 5.41) is 8.58. The zero-order valence-corrected chi connectivity index (χ0v) is 8.30. The molecule has 15 heavy (non-hydrogen) atoms. The number of nitrogens with two attached hydrogens (primary N) is 1. The molecule has 0 spiro atoms. The van der Waals surface area contributed by atoms with E-state index in [0.717, 1.165) is 17.6 Å². The van der Waals surface area contributed by atoms with E-state index >= 15 is 0 Å². The molecule has 1 aromatic carbocycles. The van der Waals surface area contributed by atoms with Crippen LogP contribution < -0.4 is 5.73 Å². The fourth-order valence-corrected chi connectivity index (χ4v) is 1.53. The second-order valence-corrected chi connectivity index (χ2v) is 3.45. The van der Waals surface area contributed by atoms with Crippen LogP contribution in [0.25, 0.3) is 11.0 Å². The number of imidazole rings is 1. The smallest absolute Gasteiger partial charge is 0.0958 e. The third-order valence-corrected chi connectivity index (χ3v) is 2.37. The summed E-state index contributed by atoms with van der Waals surface area (Å²) in [6.45, 7) is 0.731. The first kappa shape index (κ1) is 9.69. The number of fused-ring (bicyclic) bond motifs is 1. The van der Waals surface area contributed by atoms with Crippen molar-refractivity contribution in [3.05, 3.63) is 30.6 Å². The molecular weight excluding hydrogens is 188 g/mol. The number of rotatable bonds is 3. The van der Waals surface area contributed by atoms with Gasteiger partial charge in [-0.2, -0.15) is 5.26 Å². The van der Waals surface area contributed by atoms with E-state index < -0.39 is 6.04 Å². The molecular formula is C11H12N4. The maximum Gasteiger partial charge on any atom is 0.0958 e. The summed E-state index contributed by atoms with van der Waals surface area (Å²) in [5.74, 6) is 0. The third-order valence-electron chi connectivity index (χ3n) is 2.37. The topological polar surface area (TPSA) is 67.6 Å². The summed E-state index contributed by atoms with van der Waals surface area (Å²) in [5.41, 5.74) is 7.60. The molecule has 0 aliphatic carbocycles. The molecule has 0 aliphatic heterocycles. The molecule has 2 N–H and O–H groups in total. The van der Waals surface area contributed by atoms with Gasteiger partial charge in [0, 0.05) is 6.54 Å². The van der Waals surface area contributed by atoms with E-state index in [1.165, 1.54) is 0 Å². The highest BCUT2D eigenvalue weighted by Gasteiger charge is 2.03. The Morgan fingerprint density at radius 2 is 2.27 bits per heavy atom. The highest BCUT2D eigenvalue weighted by Crippen LogP contribution is 2.12. The quantitative estimate of drug-likeness (QED) is 0.811. The molecule has 1 aromatic heterocycles. The molecule has 2 rings (SSSR count). The maximum atomic E-state index is 8.58. The van der Waals surface area contributed by atoms with Crippen LogP contribution >= 0.6 is 0 Å². The van der Waals surface area contributed by atoms with Crippen molar-refractivity contribution >= 4 is 11.0 Å². The maximum absolute atomic E-state index is 8.58. The fourth-order valence-electron chi connectivity index (χ4n) is 1.53. The Kier molecular flexibility index (Phi) is 2.66. The fraction of sp³-hybridized carbons (Fsp3) is 0.273. The lowest BCUT2D eigenvalue weighted by atomic mass is 10.2. The Bertz CT molecular complexity index is 495. The Balaban J connectivity index is 2.19. The number of aromatic nitrogens is 2. The Morgan fingerprint density at radius 3 is 3.07 bits per heavy atom. The van der Waals surface area contributed by atoms with Crippen LogP contribution in [0, 0.1) is 11.3 Å². The van der Waals surface area contributed by atoms with Crippen LogP contribution in [-0.2, 0) is 6.54 Å². The summed E-state index contributed by atoms with van der Waals surface area (Å²) in [6, 6.07) is 9.54. The van der Waals surface area contributed by atoms with Gasteiger partial charge >= 0.3 is 0 Å². The van der Waals surface area contributed by atoms with Crippen molar-refractivity contribution in [3.63, 3.8) is 0 Å². The number of benzene rings is 1. The second-order valence-electron chi connectivity index (χ2n) is 3.45. The van der Waals surface area contributed by atoms with Gasteiger partial charge in [-0.3, -0.25) is 0 Å². The van der Waals surface area contributed by atoms with Gasteiger partial charge in [0.15, 0.2) is 0 Å². The average Bonchev–Trinajstić information content (AvgIpc) is 2.69. The lowest BCUT2D eigenvalue weighted by Gasteiger charge is -2.04. The van der Waals surface area contributed by atoms with Crippen LogP contribution in [0.15, 0.2) is 30.6 Å². The van der Waals surface area contributed by atoms with Crippen LogP contribution in [0.2, 0.25) is 0 Å². The monoisotopic (exact) mass is 200 g/mol. The molecule has 1 atom stereocenters. The normalized spacial score (nSPS) is 12.5. The summed E-state index contributed by atoms with van der Waals surface area (Å²) >= 11 is 0. The van der Waals surface area contributed by atoms with Gasteiger partial charge in [-0.25, -0.2) is 4.98 Å². The van der Waals surface area contributed by atoms with Crippen LogP contribution in [0.4, 0.5) is 0 Å². The van der Waals surface area contributed by atoms with Crippen molar-refractivity contribution in [2.75, 3.05) is 0 Å². The van der Waals surface area contributed by atoms with Gasteiger partial charge < -0.3 is 10.3 Å². The Hall–Kier alpha value is -1.86. The molecule has 4 nitrogen and oxygen atoms in total. The van der Waals surface area contributed by atoms with E-state index in [1.807, 2.05) is 34.9 Å². The zero-order chi connectivity index (χ0) is 10.7. The van der Waals surface area contributed by atoms with Gasteiger partial charge in [0.2, 0.25) is 0 Å². The first-order valence-electron chi connectivity index (χ1n) is 4.86. The van der Waals surface area contributed by atoms with Gasteiger partial charge in [-0.05, 0) is 18.6 Å². The van der Waals surface area contributed by atoms with Gasteiger partial charge in [0.05, 0.1) is 29.5 Å². The number of hydrogen-bond donors (Lipinski definition) is 1. The van der Waals surface area contributed by atoms with Crippen LogP contribution in [0.1, 0.15) is 6.42 Å². The van der Waals surface area contributed by atoms with E-state index in [4.69, 9.17) is 11.0 Å².